The number of nitrogens with zero attached hydrogens (tertiary/aromatic N) is 5. The predicted molar refractivity (Wildman–Crippen MR) is 123 cm³/mol. The molecule has 160 valence electrons. The summed E-state index contributed by atoms with van der Waals surface area (Å²) in [5.41, 5.74) is 1.68. The number of hydrogen-bond acceptors (Lipinski definition) is 5. The Kier molecular flexibility index (Phi) is 4.59. The van der Waals surface area contributed by atoms with Crippen molar-refractivity contribution in [2.75, 3.05) is 43.0 Å². The van der Waals surface area contributed by atoms with Gasteiger partial charge >= 0.3 is 0 Å². The van der Waals surface area contributed by atoms with Gasteiger partial charge in [0.25, 0.3) is 11.5 Å². The normalized spacial score (nSPS) is 18.6. The Morgan fingerprint density at radius 2 is 1.61 bits per heavy atom. The van der Waals surface area contributed by atoms with E-state index in [9.17, 15) is 9.59 Å². The van der Waals surface area contributed by atoms with Gasteiger partial charge in [0.2, 0.25) is 5.95 Å². The van der Waals surface area contributed by atoms with Crippen LogP contribution in [0.15, 0.2) is 53.3 Å². The summed E-state index contributed by atoms with van der Waals surface area (Å²) in [4.78, 5) is 37.5. The first-order valence-electron chi connectivity index (χ1n) is 10.7. The highest BCUT2D eigenvalue weighted by molar-refractivity contribution is 6.01. The Morgan fingerprint density at radius 1 is 0.935 bits per heavy atom. The average molecular weight is 418 g/mol. The molecule has 2 aliphatic rings. The fourth-order valence-corrected chi connectivity index (χ4v) is 4.52. The van der Waals surface area contributed by atoms with Gasteiger partial charge in [0.05, 0.1) is 17.4 Å². The molecule has 7 heteroatoms. The van der Waals surface area contributed by atoms with E-state index in [1.807, 2.05) is 18.2 Å². The zero-order valence-electron chi connectivity index (χ0n) is 18.2. The molecule has 0 bridgehead atoms. The minimum absolute atomic E-state index is 0.115. The van der Waals surface area contributed by atoms with Crippen molar-refractivity contribution in [2.24, 2.45) is 0 Å². The molecular formula is C24H27N5O2. The first-order chi connectivity index (χ1) is 14.9. The quantitative estimate of drug-likeness (QED) is 0.655. The van der Waals surface area contributed by atoms with Crippen LogP contribution >= 0.6 is 0 Å². The van der Waals surface area contributed by atoms with Gasteiger partial charge in [-0.15, -0.1) is 0 Å². The maximum absolute atomic E-state index is 13.3. The highest BCUT2D eigenvalue weighted by atomic mass is 16.2. The topological polar surface area (TPSA) is 61.7 Å². The summed E-state index contributed by atoms with van der Waals surface area (Å²) in [5, 5.41) is 0.533. The molecule has 7 nitrogen and oxygen atoms in total. The van der Waals surface area contributed by atoms with Gasteiger partial charge in [-0.2, -0.15) is 0 Å². The highest BCUT2D eigenvalue weighted by Gasteiger charge is 2.45. The van der Waals surface area contributed by atoms with Crippen molar-refractivity contribution in [3.8, 4) is 0 Å². The van der Waals surface area contributed by atoms with Crippen LogP contribution in [-0.4, -0.2) is 53.6 Å². The number of hydrogen-bond donors (Lipinski definition) is 0. The van der Waals surface area contributed by atoms with Gasteiger partial charge in [0.15, 0.2) is 0 Å². The van der Waals surface area contributed by atoms with Crippen LogP contribution in [-0.2, 0) is 16.9 Å². The number of aromatic nitrogens is 2. The van der Waals surface area contributed by atoms with Crippen LogP contribution in [0.4, 0.5) is 11.6 Å². The third-order valence-corrected chi connectivity index (χ3v) is 6.47. The number of fused-ring (bicyclic) bond motifs is 2. The SMILES string of the molecule is CN1CCN(c2ccc(CN3C(=O)C(C)(C)n4c3nc3ccccc3c4=O)cc2)CC1. The molecule has 2 aromatic carbocycles. The van der Waals surface area contributed by atoms with Crippen molar-refractivity contribution in [1.29, 1.82) is 0 Å². The maximum atomic E-state index is 13.3. The monoisotopic (exact) mass is 417 g/mol. The van der Waals surface area contributed by atoms with Gasteiger partial charge in [0, 0.05) is 31.9 Å². The van der Waals surface area contributed by atoms with Crippen LogP contribution in [0.2, 0.25) is 0 Å². The summed E-state index contributed by atoms with van der Waals surface area (Å²) in [6.07, 6.45) is 0. The number of carbonyl (C=O) groups is 1. The first kappa shape index (κ1) is 19.8. The van der Waals surface area contributed by atoms with E-state index < -0.39 is 5.54 Å². The summed E-state index contributed by atoms with van der Waals surface area (Å²) in [5.74, 6) is 0.303. The predicted octanol–water partition coefficient (Wildman–Crippen LogP) is 2.43. The van der Waals surface area contributed by atoms with Crippen molar-refractivity contribution < 1.29 is 4.79 Å². The van der Waals surface area contributed by atoms with Crippen LogP contribution in [0.5, 0.6) is 0 Å². The highest BCUT2D eigenvalue weighted by Crippen LogP contribution is 2.34. The molecule has 0 atom stereocenters. The van der Waals surface area contributed by atoms with E-state index in [1.165, 1.54) is 10.3 Å². The lowest BCUT2D eigenvalue weighted by atomic mass is 10.0. The van der Waals surface area contributed by atoms with Crippen molar-refractivity contribution in [2.45, 2.75) is 25.9 Å². The molecule has 1 saturated heterocycles. The van der Waals surface area contributed by atoms with Gasteiger partial charge in [-0.1, -0.05) is 24.3 Å². The Labute approximate surface area is 181 Å². The first-order valence-corrected chi connectivity index (χ1v) is 10.7. The van der Waals surface area contributed by atoms with E-state index in [2.05, 4.69) is 41.1 Å². The Morgan fingerprint density at radius 3 is 2.32 bits per heavy atom. The third kappa shape index (κ3) is 3.20. The van der Waals surface area contributed by atoms with E-state index in [4.69, 9.17) is 4.98 Å². The molecule has 0 unspecified atom stereocenters. The lowest BCUT2D eigenvalue weighted by Gasteiger charge is -2.34. The number of para-hydroxylation sites is 1. The fraction of sp³-hybridized carbons (Fsp3) is 0.375. The number of carbonyl (C=O) groups excluding carboxylic acids is 1. The van der Waals surface area contributed by atoms with E-state index in [0.29, 0.717) is 23.4 Å². The van der Waals surface area contributed by atoms with Crippen molar-refractivity contribution >= 4 is 28.4 Å². The second-order valence-corrected chi connectivity index (χ2v) is 8.98. The van der Waals surface area contributed by atoms with Crippen LogP contribution in [0.1, 0.15) is 19.4 Å². The van der Waals surface area contributed by atoms with E-state index >= 15 is 0 Å². The Bertz CT molecular complexity index is 1210. The van der Waals surface area contributed by atoms with Crippen LogP contribution < -0.4 is 15.4 Å². The fourth-order valence-electron chi connectivity index (χ4n) is 4.52. The zero-order chi connectivity index (χ0) is 21.8. The number of likely N-dealkylation sites (N-methyl/N-ethyl adjacent to an activating group) is 1. The molecule has 5 rings (SSSR count). The molecule has 31 heavy (non-hydrogen) atoms. The molecule has 3 heterocycles. The standard InChI is InChI=1S/C24H27N5O2/c1-24(2)22(31)28(23-25-20-7-5-4-6-19(20)21(30)29(23)24)16-17-8-10-18(11-9-17)27-14-12-26(3)13-15-27/h4-11H,12-16H2,1-3H3. The van der Waals surface area contributed by atoms with Crippen LogP contribution in [0.25, 0.3) is 10.9 Å². The van der Waals surface area contributed by atoms with Gasteiger partial charge in [-0.05, 0) is 50.7 Å². The molecule has 2 aliphatic heterocycles. The lowest BCUT2D eigenvalue weighted by Crippen LogP contribution is -2.44. The van der Waals surface area contributed by atoms with Gasteiger partial charge < -0.3 is 9.80 Å². The minimum atomic E-state index is -0.969. The average Bonchev–Trinajstić information content (AvgIpc) is 2.95. The van der Waals surface area contributed by atoms with Crippen molar-refractivity contribution in [1.82, 2.24) is 14.5 Å². The molecule has 3 aromatic rings. The molecule has 0 spiro atoms. The van der Waals surface area contributed by atoms with Crippen molar-refractivity contribution in [3.63, 3.8) is 0 Å². The maximum Gasteiger partial charge on any atom is 0.263 e. The van der Waals surface area contributed by atoms with Crippen LogP contribution in [0, 0.1) is 0 Å². The Balaban J connectivity index is 1.47. The Hall–Kier alpha value is -3.19. The number of rotatable bonds is 3. The zero-order valence-corrected chi connectivity index (χ0v) is 18.2. The molecule has 1 amide bonds. The summed E-state index contributed by atoms with van der Waals surface area (Å²) >= 11 is 0. The lowest BCUT2D eigenvalue weighted by molar-refractivity contribution is -0.124. The van der Waals surface area contributed by atoms with Gasteiger partial charge in [0.1, 0.15) is 5.54 Å². The van der Waals surface area contributed by atoms with E-state index in [-0.39, 0.29) is 11.5 Å². The van der Waals surface area contributed by atoms with Gasteiger partial charge in [-0.3, -0.25) is 19.1 Å². The van der Waals surface area contributed by atoms with Crippen molar-refractivity contribution in [3.05, 3.63) is 64.4 Å². The molecule has 0 aliphatic carbocycles. The molecule has 0 saturated carbocycles. The summed E-state index contributed by atoms with van der Waals surface area (Å²) in [6, 6.07) is 15.6. The number of benzene rings is 2. The summed E-state index contributed by atoms with van der Waals surface area (Å²) in [7, 11) is 2.15. The number of amides is 1. The second kappa shape index (κ2) is 7.20. The van der Waals surface area contributed by atoms with Gasteiger partial charge in [-0.25, -0.2) is 4.98 Å². The van der Waals surface area contributed by atoms with E-state index in [1.54, 1.807) is 24.8 Å². The minimum Gasteiger partial charge on any atom is -0.369 e. The largest absolute Gasteiger partial charge is 0.369 e. The third-order valence-electron chi connectivity index (χ3n) is 6.47. The summed E-state index contributed by atoms with van der Waals surface area (Å²) < 4.78 is 1.54. The molecular weight excluding hydrogens is 390 g/mol. The second-order valence-electron chi connectivity index (χ2n) is 8.98. The molecule has 0 N–H and O–H groups in total. The number of piperazine rings is 1. The number of anilines is 2. The molecule has 1 aromatic heterocycles. The summed E-state index contributed by atoms with van der Waals surface area (Å²) in [6.45, 7) is 8.11. The molecule has 0 radical (unpaired) electrons. The molecule has 1 fully saturated rings. The van der Waals surface area contributed by atoms with Crippen LogP contribution in [0.3, 0.4) is 0 Å². The smallest absolute Gasteiger partial charge is 0.263 e. The van der Waals surface area contributed by atoms with E-state index in [0.717, 1.165) is 31.7 Å².